The van der Waals surface area contributed by atoms with E-state index in [4.69, 9.17) is 17.3 Å². The highest BCUT2D eigenvalue weighted by Gasteiger charge is 2.55. The summed E-state index contributed by atoms with van der Waals surface area (Å²) in [4.78, 5) is 0. The lowest BCUT2D eigenvalue weighted by Crippen LogP contribution is -2.37. The minimum absolute atomic E-state index is 0.0654. The maximum absolute atomic E-state index is 5.72. The van der Waals surface area contributed by atoms with Crippen molar-refractivity contribution in [2.75, 3.05) is 6.61 Å². The van der Waals surface area contributed by atoms with E-state index in [-0.39, 0.29) is 17.7 Å². The molecule has 0 aromatic rings. The average molecular weight is 152 g/mol. The lowest BCUT2D eigenvalue weighted by Gasteiger charge is -2.29. The molecule has 2 radical (unpaired) electrons. The van der Waals surface area contributed by atoms with E-state index >= 15 is 0 Å². The van der Waals surface area contributed by atoms with E-state index in [2.05, 4.69) is 13.8 Å². The molecule has 2 bridgehead atoms. The number of hydrogen-bond donors (Lipinski definition) is 0. The first-order chi connectivity index (χ1) is 5.19. The van der Waals surface area contributed by atoms with Gasteiger partial charge in [-0.15, -0.1) is 0 Å². The van der Waals surface area contributed by atoms with E-state index in [1.165, 1.54) is 0 Å². The van der Waals surface area contributed by atoms with Crippen LogP contribution in [-0.4, -0.2) is 32.2 Å². The van der Waals surface area contributed by atoms with E-state index < -0.39 is 0 Å². The summed E-state index contributed by atoms with van der Waals surface area (Å²) in [5.74, 6) is 0.461. The predicted molar refractivity (Wildman–Crippen MR) is 42.6 cm³/mol. The monoisotopic (exact) mass is 152 g/mol. The van der Waals surface area contributed by atoms with Crippen LogP contribution in [0.3, 0.4) is 0 Å². The van der Waals surface area contributed by atoms with Crippen molar-refractivity contribution in [2.45, 2.75) is 38.0 Å². The van der Waals surface area contributed by atoms with Crippen LogP contribution in [0.2, 0.25) is 0 Å². The van der Waals surface area contributed by atoms with Gasteiger partial charge in [-0.3, -0.25) is 0 Å². The average Bonchev–Trinajstić information content (AvgIpc) is 2.42. The van der Waals surface area contributed by atoms with Gasteiger partial charge in [0, 0.05) is 11.9 Å². The molecular formula is C8H13BO2. The summed E-state index contributed by atoms with van der Waals surface area (Å²) >= 11 is 0. The minimum atomic E-state index is -0.196. The van der Waals surface area contributed by atoms with E-state index in [0.29, 0.717) is 5.92 Å². The van der Waals surface area contributed by atoms with Gasteiger partial charge < -0.3 is 9.47 Å². The first-order valence-corrected chi connectivity index (χ1v) is 4.24. The molecule has 2 rings (SSSR count). The summed E-state index contributed by atoms with van der Waals surface area (Å²) in [7, 11) is 5.72. The molecule has 0 N–H and O–H groups in total. The summed E-state index contributed by atoms with van der Waals surface area (Å²) < 4.78 is 11.2. The Kier molecular flexibility index (Phi) is 1.55. The SMILES string of the molecule is [B][C@@H]1O[C@]2(CC)CO[C@H]1C2C. The molecule has 2 aliphatic heterocycles. The molecule has 3 heteroatoms. The predicted octanol–water partition coefficient (Wildman–Crippen LogP) is 0.695. The molecule has 1 unspecified atom stereocenters. The summed E-state index contributed by atoms with van der Waals surface area (Å²) in [6, 6.07) is -0.196. The van der Waals surface area contributed by atoms with E-state index in [1.807, 2.05) is 0 Å². The zero-order valence-electron chi connectivity index (χ0n) is 7.04. The zero-order chi connectivity index (χ0) is 8.06. The van der Waals surface area contributed by atoms with E-state index in [0.717, 1.165) is 13.0 Å². The van der Waals surface area contributed by atoms with Crippen molar-refractivity contribution < 1.29 is 9.47 Å². The third-order valence-corrected chi connectivity index (χ3v) is 3.14. The Bertz CT molecular complexity index is 173. The maximum atomic E-state index is 5.72. The Morgan fingerprint density at radius 3 is 2.64 bits per heavy atom. The van der Waals surface area contributed by atoms with Crippen LogP contribution in [0.15, 0.2) is 0 Å². The second-order valence-corrected chi connectivity index (χ2v) is 3.57. The fraction of sp³-hybridized carbons (Fsp3) is 1.00. The highest BCUT2D eigenvalue weighted by Crippen LogP contribution is 2.45. The van der Waals surface area contributed by atoms with Gasteiger partial charge in [0.15, 0.2) is 0 Å². The van der Waals surface area contributed by atoms with Gasteiger partial charge in [0.1, 0.15) is 7.85 Å². The molecule has 2 saturated heterocycles. The lowest BCUT2D eigenvalue weighted by molar-refractivity contribution is -0.115. The lowest BCUT2D eigenvalue weighted by atomic mass is 9.85. The van der Waals surface area contributed by atoms with Crippen molar-refractivity contribution >= 4 is 7.85 Å². The Morgan fingerprint density at radius 1 is 1.64 bits per heavy atom. The first-order valence-electron chi connectivity index (χ1n) is 4.24. The Morgan fingerprint density at radius 2 is 2.36 bits per heavy atom. The highest BCUT2D eigenvalue weighted by molar-refractivity contribution is 6.11. The van der Waals surface area contributed by atoms with Gasteiger partial charge in [-0.25, -0.2) is 0 Å². The summed E-state index contributed by atoms with van der Waals surface area (Å²) in [6.07, 6.45) is 1.13. The second-order valence-electron chi connectivity index (χ2n) is 3.57. The van der Waals surface area contributed by atoms with Crippen molar-refractivity contribution in [3.8, 4) is 0 Å². The molecular weight excluding hydrogens is 139 g/mol. The Hall–Kier alpha value is -0.0151. The molecule has 2 aliphatic rings. The fourth-order valence-corrected chi connectivity index (χ4v) is 2.18. The summed E-state index contributed by atoms with van der Waals surface area (Å²) in [6.45, 7) is 5.01. The molecule has 0 saturated carbocycles. The topological polar surface area (TPSA) is 18.5 Å². The molecule has 0 aromatic heterocycles. The van der Waals surface area contributed by atoms with Gasteiger partial charge in [-0.1, -0.05) is 13.8 Å². The Labute approximate surface area is 68.7 Å². The van der Waals surface area contributed by atoms with Crippen LogP contribution in [0.1, 0.15) is 20.3 Å². The van der Waals surface area contributed by atoms with Crippen LogP contribution in [-0.2, 0) is 9.47 Å². The van der Waals surface area contributed by atoms with Crippen molar-refractivity contribution in [3.63, 3.8) is 0 Å². The van der Waals surface area contributed by atoms with Crippen LogP contribution in [0.5, 0.6) is 0 Å². The van der Waals surface area contributed by atoms with Crippen LogP contribution in [0.4, 0.5) is 0 Å². The van der Waals surface area contributed by atoms with Crippen molar-refractivity contribution in [1.82, 2.24) is 0 Å². The van der Waals surface area contributed by atoms with Gasteiger partial charge in [0.25, 0.3) is 0 Å². The van der Waals surface area contributed by atoms with Crippen LogP contribution in [0, 0.1) is 5.92 Å². The van der Waals surface area contributed by atoms with Gasteiger partial charge in [-0.2, -0.15) is 0 Å². The zero-order valence-corrected chi connectivity index (χ0v) is 7.04. The molecule has 0 spiro atoms. The largest absolute Gasteiger partial charge is 0.376 e. The highest BCUT2D eigenvalue weighted by atomic mass is 16.6. The minimum Gasteiger partial charge on any atom is -0.376 e. The second kappa shape index (κ2) is 2.24. The molecule has 0 aliphatic carbocycles. The molecule has 0 amide bonds. The number of fused-ring (bicyclic) bond motifs is 2. The number of hydrogen-bond acceptors (Lipinski definition) is 2. The van der Waals surface area contributed by atoms with Crippen molar-refractivity contribution in [3.05, 3.63) is 0 Å². The first kappa shape index (κ1) is 7.62. The van der Waals surface area contributed by atoms with Crippen molar-refractivity contribution in [1.29, 1.82) is 0 Å². The van der Waals surface area contributed by atoms with Gasteiger partial charge >= 0.3 is 0 Å². The normalized spacial score (nSPS) is 55.3. The molecule has 60 valence electrons. The molecule has 2 heterocycles. The molecule has 4 atom stereocenters. The summed E-state index contributed by atoms with van der Waals surface area (Å²) in [5.41, 5.74) is -0.0654. The maximum Gasteiger partial charge on any atom is 0.112 e. The van der Waals surface area contributed by atoms with Gasteiger partial charge in [0.05, 0.1) is 18.3 Å². The Balaban J connectivity index is 2.24. The smallest absolute Gasteiger partial charge is 0.112 e. The molecule has 11 heavy (non-hydrogen) atoms. The van der Waals surface area contributed by atoms with Crippen LogP contribution in [0.25, 0.3) is 0 Å². The fourth-order valence-electron chi connectivity index (χ4n) is 2.18. The van der Waals surface area contributed by atoms with Crippen LogP contribution < -0.4 is 0 Å². The third kappa shape index (κ3) is 0.813. The number of rotatable bonds is 1. The van der Waals surface area contributed by atoms with Gasteiger partial charge in [0.2, 0.25) is 0 Å². The van der Waals surface area contributed by atoms with Crippen molar-refractivity contribution in [2.24, 2.45) is 5.92 Å². The quantitative estimate of drug-likeness (QED) is 0.514. The molecule has 2 nitrogen and oxygen atoms in total. The van der Waals surface area contributed by atoms with Crippen LogP contribution >= 0.6 is 0 Å². The standard InChI is InChI=1S/C8H13BO2/c1-3-8-4-10-6(5(8)2)7(9)11-8/h5-7H,3-4H2,1-2H3/t5?,6-,7+,8+/m0/s1. The molecule has 0 aromatic carbocycles. The molecule has 2 fully saturated rings. The van der Waals surface area contributed by atoms with Gasteiger partial charge in [-0.05, 0) is 6.42 Å². The van der Waals surface area contributed by atoms with E-state index in [9.17, 15) is 0 Å². The number of ether oxygens (including phenoxy) is 2. The third-order valence-electron chi connectivity index (χ3n) is 3.14. The summed E-state index contributed by atoms with van der Waals surface area (Å²) in [5, 5.41) is 0. The van der Waals surface area contributed by atoms with E-state index in [1.54, 1.807) is 0 Å².